The quantitative estimate of drug-likeness (QED) is 0.679. The summed E-state index contributed by atoms with van der Waals surface area (Å²) in [7, 11) is 0. The number of allylic oxidation sites excluding steroid dienone is 1. The minimum absolute atomic E-state index is 0.931. The van der Waals surface area contributed by atoms with Crippen LogP contribution in [-0.2, 0) is 0 Å². The van der Waals surface area contributed by atoms with E-state index in [-0.39, 0.29) is 0 Å². The summed E-state index contributed by atoms with van der Waals surface area (Å²) in [6.45, 7) is 4.22. The molecule has 0 saturated carbocycles. The Kier molecular flexibility index (Phi) is 3.96. The van der Waals surface area contributed by atoms with Crippen LogP contribution < -0.4 is 0 Å². The Morgan fingerprint density at radius 3 is 3.05 bits per heavy atom. The van der Waals surface area contributed by atoms with Gasteiger partial charge >= 0.3 is 0 Å². The normalized spacial score (nSPS) is 17.5. The summed E-state index contributed by atoms with van der Waals surface area (Å²) < 4.78 is 1.42. The number of nitrogens with zero attached hydrogens (tertiary/aromatic N) is 2. The van der Waals surface area contributed by atoms with E-state index in [4.69, 9.17) is 0 Å². The standard InChI is InChI=1S/C17H18N2S3/c1-3-4-13-15(19-9-8-18-17(19)22-13)11-5-6-14(20-2)16-12(11)7-10-21-16/h5-7,10H,3-4,8-9H2,1-2H3. The smallest absolute Gasteiger partial charge is 0.168 e. The second-order valence-electron chi connectivity index (χ2n) is 5.42. The summed E-state index contributed by atoms with van der Waals surface area (Å²) in [6, 6.07) is 6.88. The van der Waals surface area contributed by atoms with Crippen LogP contribution in [-0.4, -0.2) is 29.4 Å². The monoisotopic (exact) mass is 346 g/mol. The lowest BCUT2D eigenvalue weighted by molar-refractivity contribution is 0.646. The molecule has 5 heteroatoms. The van der Waals surface area contributed by atoms with Gasteiger partial charge in [-0.05, 0) is 30.2 Å². The second kappa shape index (κ2) is 5.95. The van der Waals surface area contributed by atoms with Crippen LogP contribution in [0.25, 0.3) is 15.8 Å². The zero-order valence-corrected chi connectivity index (χ0v) is 15.2. The van der Waals surface area contributed by atoms with Crippen molar-refractivity contribution in [1.29, 1.82) is 0 Å². The lowest BCUT2D eigenvalue weighted by Crippen LogP contribution is -2.20. The Bertz CT molecular complexity index is 788. The van der Waals surface area contributed by atoms with E-state index in [0.29, 0.717) is 0 Å². The molecular weight excluding hydrogens is 328 g/mol. The number of thioether (sulfide) groups is 2. The summed E-state index contributed by atoms with van der Waals surface area (Å²) in [6.07, 6.45) is 4.49. The minimum atomic E-state index is 0.931. The predicted octanol–water partition coefficient (Wildman–Crippen LogP) is 5.51. The van der Waals surface area contributed by atoms with Gasteiger partial charge in [0.15, 0.2) is 5.17 Å². The molecule has 0 radical (unpaired) electrons. The van der Waals surface area contributed by atoms with Crippen LogP contribution in [0, 0.1) is 0 Å². The highest BCUT2D eigenvalue weighted by Gasteiger charge is 2.33. The Labute approximate surface area is 143 Å². The molecule has 1 aromatic heterocycles. The number of hydrogen-bond donors (Lipinski definition) is 0. The largest absolute Gasteiger partial charge is 0.318 e. The molecule has 3 heterocycles. The van der Waals surface area contributed by atoms with Crippen molar-refractivity contribution in [3.8, 4) is 0 Å². The molecule has 0 bridgehead atoms. The molecule has 2 aliphatic rings. The zero-order valence-electron chi connectivity index (χ0n) is 12.8. The first-order chi connectivity index (χ1) is 10.8. The molecule has 0 unspecified atom stereocenters. The molecule has 0 amide bonds. The number of amidine groups is 1. The van der Waals surface area contributed by atoms with E-state index in [9.17, 15) is 0 Å². The van der Waals surface area contributed by atoms with Crippen LogP contribution in [0.5, 0.6) is 0 Å². The number of benzene rings is 1. The van der Waals surface area contributed by atoms with Crippen LogP contribution in [0.15, 0.2) is 38.4 Å². The van der Waals surface area contributed by atoms with E-state index in [1.54, 1.807) is 0 Å². The number of thiophene rings is 1. The van der Waals surface area contributed by atoms with Gasteiger partial charge in [-0.3, -0.25) is 4.99 Å². The molecule has 114 valence electrons. The summed E-state index contributed by atoms with van der Waals surface area (Å²) >= 11 is 5.57. The maximum Gasteiger partial charge on any atom is 0.168 e. The molecule has 2 nitrogen and oxygen atoms in total. The van der Waals surface area contributed by atoms with Crippen molar-refractivity contribution in [2.75, 3.05) is 19.3 Å². The number of hydrogen-bond acceptors (Lipinski definition) is 5. The fourth-order valence-corrected chi connectivity index (χ4v) is 6.14. The number of aliphatic imine (C=N–C) groups is 1. The zero-order chi connectivity index (χ0) is 15.1. The summed E-state index contributed by atoms with van der Waals surface area (Å²) in [5.74, 6) is 0. The van der Waals surface area contributed by atoms with Crippen molar-refractivity contribution in [3.05, 3.63) is 34.0 Å². The van der Waals surface area contributed by atoms with Crippen LogP contribution >= 0.6 is 34.9 Å². The first kappa shape index (κ1) is 14.7. The van der Waals surface area contributed by atoms with Crippen molar-refractivity contribution < 1.29 is 0 Å². The highest BCUT2D eigenvalue weighted by Crippen LogP contribution is 2.46. The third-order valence-electron chi connectivity index (χ3n) is 4.08. The highest BCUT2D eigenvalue weighted by atomic mass is 32.2. The molecule has 2 aliphatic heterocycles. The number of fused-ring (bicyclic) bond motifs is 2. The lowest BCUT2D eigenvalue weighted by atomic mass is 10.0. The van der Waals surface area contributed by atoms with Gasteiger partial charge in [0, 0.05) is 32.0 Å². The van der Waals surface area contributed by atoms with Gasteiger partial charge in [0.25, 0.3) is 0 Å². The van der Waals surface area contributed by atoms with Crippen molar-refractivity contribution >= 4 is 55.8 Å². The Morgan fingerprint density at radius 1 is 1.32 bits per heavy atom. The van der Waals surface area contributed by atoms with E-state index in [2.05, 4.69) is 46.7 Å². The van der Waals surface area contributed by atoms with Gasteiger partial charge in [0.2, 0.25) is 0 Å². The first-order valence-corrected chi connectivity index (χ1v) is 10.5. The first-order valence-electron chi connectivity index (χ1n) is 7.61. The Balaban J connectivity index is 1.91. The molecule has 2 aromatic rings. The van der Waals surface area contributed by atoms with Gasteiger partial charge in [0.1, 0.15) is 0 Å². The molecule has 0 aliphatic carbocycles. The van der Waals surface area contributed by atoms with Crippen molar-refractivity contribution in [1.82, 2.24) is 4.90 Å². The topological polar surface area (TPSA) is 15.6 Å². The fourth-order valence-electron chi connectivity index (χ4n) is 3.13. The highest BCUT2D eigenvalue weighted by molar-refractivity contribution is 8.17. The minimum Gasteiger partial charge on any atom is -0.318 e. The number of rotatable bonds is 4. The molecule has 1 aromatic carbocycles. The van der Waals surface area contributed by atoms with Gasteiger partial charge in [-0.1, -0.05) is 31.2 Å². The predicted molar refractivity (Wildman–Crippen MR) is 102 cm³/mol. The fraction of sp³-hybridized carbons (Fsp3) is 0.353. The van der Waals surface area contributed by atoms with Crippen LogP contribution in [0.1, 0.15) is 25.3 Å². The van der Waals surface area contributed by atoms with E-state index in [1.807, 2.05) is 34.9 Å². The Hall–Kier alpha value is -0.910. The molecule has 0 fully saturated rings. The van der Waals surface area contributed by atoms with Crippen LogP contribution in [0.3, 0.4) is 0 Å². The summed E-state index contributed by atoms with van der Waals surface area (Å²) in [5.41, 5.74) is 2.80. The summed E-state index contributed by atoms with van der Waals surface area (Å²) in [5, 5.41) is 4.82. The van der Waals surface area contributed by atoms with E-state index in [0.717, 1.165) is 19.5 Å². The van der Waals surface area contributed by atoms with E-state index < -0.39 is 0 Å². The average molecular weight is 347 g/mol. The maximum atomic E-state index is 4.67. The lowest BCUT2D eigenvalue weighted by Gasteiger charge is -2.19. The third-order valence-corrected chi connectivity index (χ3v) is 7.12. The van der Waals surface area contributed by atoms with Crippen molar-refractivity contribution in [2.45, 2.75) is 24.7 Å². The summed E-state index contributed by atoms with van der Waals surface area (Å²) in [4.78, 5) is 9.97. The SMILES string of the molecule is CCCC1=C(c2ccc(SC)c3sccc23)N2CCN=C2S1. The van der Waals surface area contributed by atoms with Crippen molar-refractivity contribution in [2.24, 2.45) is 4.99 Å². The molecule has 22 heavy (non-hydrogen) atoms. The third kappa shape index (κ3) is 2.22. The van der Waals surface area contributed by atoms with Crippen molar-refractivity contribution in [3.63, 3.8) is 0 Å². The molecule has 0 atom stereocenters. The van der Waals surface area contributed by atoms with E-state index >= 15 is 0 Å². The van der Waals surface area contributed by atoms with Crippen LogP contribution in [0.2, 0.25) is 0 Å². The molecule has 0 spiro atoms. The van der Waals surface area contributed by atoms with Gasteiger partial charge in [-0.15, -0.1) is 23.1 Å². The van der Waals surface area contributed by atoms with Gasteiger partial charge in [0.05, 0.1) is 12.2 Å². The van der Waals surface area contributed by atoms with Crippen LogP contribution in [0.4, 0.5) is 0 Å². The molecular formula is C17H18N2S3. The molecule has 0 saturated heterocycles. The van der Waals surface area contributed by atoms with E-state index in [1.165, 1.54) is 42.7 Å². The average Bonchev–Trinajstić information content (AvgIpc) is 3.21. The van der Waals surface area contributed by atoms with Gasteiger partial charge in [-0.25, -0.2) is 0 Å². The second-order valence-corrected chi connectivity index (χ2v) is 8.24. The van der Waals surface area contributed by atoms with Gasteiger partial charge in [-0.2, -0.15) is 0 Å². The maximum absolute atomic E-state index is 4.67. The molecule has 4 rings (SSSR count). The molecule has 0 N–H and O–H groups in total. The Morgan fingerprint density at radius 2 is 2.23 bits per heavy atom. The van der Waals surface area contributed by atoms with Gasteiger partial charge < -0.3 is 4.90 Å².